The van der Waals surface area contributed by atoms with Crippen molar-refractivity contribution >= 4 is 5.96 Å². The molecule has 0 spiro atoms. The minimum atomic E-state index is -0.0408. The van der Waals surface area contributed by atoms with Crippen LogP contribution in [-0.2, 0) is 6.54 Å². The van der Waals surface area contributed by atoms with Gasteiger partial charge in [0.15, 0.2) is 11.7 Å². The molecule has 0 radical (unpaired) electrons. The Morgan fingerprint density at radius 1 is 1.24 bits per heavy atom. The molecular formula is C16H22N4O. The highest BCUT2D eigenvalue weighted by Crippen LogP contribution is 2.19. The number of benzene rings is 1. The second kappa shape index (κ2) is 6.43. The lowest BCUT2D eigenvalue weighted by molar-refractivity contribution is 0.422. The first-order chi connectivity index (χ1) is 9.98. The summed E-state index contributed by atoms with van der Waals surface area (Å²) in [6.45, 7) is 6.82. The molecule has 0 atom stereocenters. The molecule has 112 valence electrons. The van der Waals surface area contributed by atoms with Crippen molar-refractivity contribution in [2.75, 3.05) is 7.05 Å². The first-order valence-corrected chi connectivity index (χ1v) is 6.98. The SMILES string of the molecule is CN=C(NCc1cc(-c2ccccc2)on1)NC(C)(C)C. The number of aliphatic imine (C=N–C) groups is 1. The zero-order valence-electron chi connectivity index (χ0n) is 13.0. The van der Waals surface area contributed by atoms with Crippen LogP contribution in [0, 0.1) is 0 Å². The van der Waals surface area contributed by atoms with Gasteiger partial charge < -0.3 is 15.2 Å². The van der Waals surface area contributed by atoms with Crippen LogP contribution in [0.1, 0.15) is 26.5 Å². The molecule has 1 aromatic heterocycles. The van der Waals surface area contributed by atoms with Crippen molar-refractivity contribution in [3.63, 3.8) is 0 Å². The van der Waals surface area contributed by atoms with Crippen LogP contribution in [0.25, 0.3) is 11.3 Å². The van der Waals surface area contributed by atoms with E-state index < -0.39 is 0 Å². The number of hydrogen-bond acceptors (Lipinski definition) is 3. The molecule has 0 aliphatic carbocycles. The third-order valence-corrected chi connectivity index (χ3v) is 2.77. The maximum Gasteiger partial charge on any atom is 0.191 e. The average molecular weight is 286 g/mol. The van der Waals surface area contributed by atoms with Crippen molar-refractivity contribution in [2.45, 2.75) is 32.9 Å². The summed E-state index contributed by atoms with van der Waals surface area (Å²) in [6.07, 6.45) is 0. The van der Waals surface area contributed by atoms with E-state index in [1.165, 1.54) is 0 Å². The van der Waals surface area contributed by atoms with Crippen LogP contribution in [0.5, 0.6) is 0 Å². The van der Waals surface area contributed by atoms with Crippen LogP contribution < -0.4 is 10.6 Å². The molecule has 1 aromatic carbocycles. The van der Waals surface area contributed by atoms with Gasteiger partial charge in [-0.2, -0.15) is 0 Å². The fraction of sp³-hybridized carbons (Fsp3) is 0.375. The topological polar surface area (TPSA) is 62.5 Å². The van der Waals surface area contributed by atoms with Crippen molar-refractivity contribution in [3.8, 4) is 11.3 Å². The van der Waals surface area contributed by atoms with Gasteiger partial charge in [0, 0.05) is 24.2 Å². The summed E-state index contributed by atoms with van der Waals surface area (Å²) in [7, 11) is 1.75. The van der Waals surface area contributed by atoms with E-state index in [4.69, 9.17) is 4.52 Å². The molecule has 5 heteroatoms. The molecule has 0 aliphatic rings. The van der Waals surface area contributed by atoms with Gasteiger partial charge in [0.2, 0.25) is 0 Å². The van der Waals surface area contributed by atoms with Gasteiger partial charge in [-0.3, -0.25) is 4.99 Å². The number of nitrogens with one attached hydrogen (secondary N) is 2. The molecule has 0 unspecified atom stereocenters. The second-order valence-electron chi connectivity index (χ2n) is 5.85. The quantitative estimate of drug-likeness (QED) is 0.673. The summed E-state index contributed by atoms with van der Waals surface area (Å²) < 4.78 is 5.37. The van der Waals surface area contributed by atoms with Crippen LogP contribution in [0.4, 0.5) is 0 Å². The molecule has 0 aliphatic heterocycles. The highest BCUT2D eigenvalue weighted by molar-refractivity contribution is 5.80. The Hall–Kier alpha value is -2.30. The lowest BCUT2D eigenvalue weighted by Crippen LogP contribution is -2.47. The van der Waals surface area contributed by atoms with E-state index in [0.29, 0.717) is 6.54 Å². The predicted molar refractivity (Wildman–Crippen MR) is 85.0 cm³/mol. The average Bonchev–Trinajstić information content (AvgIpc) is 2.92. The zero-order valence-corrected chi connectivity index (χ0v) is 13.0. The van der Waals surface area contributed by atoms with Crippen molar-refractivity contribution in [1.29, 1.82) is 0 Å². The standard InChI is InChI=1S/C16H22N4O/c1-16(2,3)19-15(17-4)18-11-13-10-14(21-20-13)12-8-6-5-7-9-12/h5-10H,11H2,1-4H3,(H2,17,18,19). The Kier molecular flexibility index (Phi) is 4.62. The fourth-order valence-electron chi connectivity index (χ4n) is 1.84. The molecule has 1 heterocycles. The van der Waals surface area contributed by atoms with Gasteiger partial charge in [0.25, 0.3) is 0 Å². The van der Waals surface area contributed by atoms with Gasteiger partial charge in [-0.25, -0.2) is 0 Å². The molecule has 0 amide bonds. The van der Waals surface area contributed by atoms with Gasteiger partial charge in [0.05, 0.1) is 6.54 Å². The smallest absolute Gasteiger partial charge is 0.191 e. The number of aromatic nitrogens is 1. The number of nitrogens with zero attached hydrogens (tertiary/aromatic N) is 2. The summed E-state index contributed by atoms with van der Waals surface area (Å²) in [5.74, 6) is 1.51. The second-order valence-corrected chi connectivity index (χ2v) is 5.85. The summed E-state index contributed by atoms with van der Waals surface area (Å²) >= 11 is 0. The summed E-state index contributed by atoms with van der Waals surface area (Å²) in [5.41, 5.74) is 1.82. The molecule has 0 saturated carbocycles. The molecule has 2 rings (SSSR count). The fourth-order valence-corrected chi connectivity index (χ4v) is 1.84. The monoisotopic (exact) mass is 286 g/mol. The molecular weight excluding hydrogens is 264 g/mol. The molecule has 2 aromatic rings. The highest BCUT2D eigenvalue weighted by atomic mass is 16.5. The van der Waals surface area contributed by atoms with Gasteiger partial charge in [0.1, 0.15) is 5.69 Å². The molecule has 2 N–H and O–H groups in total. The largest absolute Gasteiger partial charge is 0.356 e. The normalized spacial score (nSPS) is 12.3. The van der Waals surface area contributed by atoms with Crippen LogP contribution in [0.15, 0.2) is 45.9 Å². The van der Waals surface area contributed by atoms with Crippen molar-refractivity contribution in [2.24, 2.45) is 4.99 Å². The predicted octanol–water partition coefficient (Wildman–Crippen LogP) is 2.81. The third-order valence-electron chi connectivity index (χ3n) is 2.77. The Balaban J connectivity index is 1.97. The molecule has 21 heavy (non-hydrogen) atoms. The molecule has 0 bridgehead atoms. The summed E-state index contributed by atoms with van der Waals surface area (Å²) in [5, 5.41) is 10.6. The summed E-state index contributed by atoms with van der Waals surface area (Å²) in [4.78, 5) is 4.19. The molecule has 5 nitrogen and oxygen atoms in total. The van der Waals surface area contributed by atoms with Crippen molar-refractivity contribution in [3.05, 3.63) is 42.1 Å². The third kappa shape index (κ3) is 4.63. The van der Waals surface area contributed by atoms with Crippen LogP contribution in [-0.4, -0.2) is 23.7 Å². The maximum atomic E-state index is 5.37. The highest BCUT2D eigenvalue weighted by Gasteiger charge is 2.12. The van der Waals surface area contributed by atoms with E-state index in [2.05, 4.69) is 41.6 Å². The number of rotatable bonds is 3. The Morgan fingerprint density at radius 3 is 2.57 bits per heavy atom. The lowest BCUT2D eigenvalue weighted by atomic mass is 10.1. The van der Waals surface area contributed by atoms with Crippen molar-refractivity contribution < 1.29 is 4.52 Å². The van der Waals surface area contributed by atoms with E-state index in [9.17, 15) is 0 Å². The molecule has 0 saturated heterocycles. The first-order valence-electron chi connectivity index (χ1n) is 6.98. The van der Waals surface area contributed by atoms with E-state index >= 15 is 0 Å². The van der Waals surface area contributed by atoms with E-state index in [-0.39, 0.29) is 5.54 Å². The zero-order chi connectivity index (χ0) is 15.3. The van der Waals surface area contributed by atoms with Crippen LogP contribution in [0.3, 0.4) is 0 Å². The van der Waals surface area contributed by atoms with E-state index in [1.54, 1.807) is 7.05 Å². The van der Waals surface area contributed by atoms with Gasteiger partial charge in [-0.05, 0) is 20.8 Å². The van der Waals surface area contributed by atoms with E-state index in [1.807, 2.05) is 36.4 Å². The number of hydrogen-bond donors (Lipinski definition) is 2. The Labute approximate surface area is 125 Å². The van der Waals surface area contributed by atoms with E-state index in [0.717, 1.165) is 23.0 Å². The number of guanidine groups is 1. The van der Waals surface area contributed by atoms with Gasteiger partial charge in [-0.1, -0.05) is 35.5 Å². The van der Waals surface area contributed by atoms with Gasteiger partial charge in [-0.15, -0.1) is 0 Å². The van der Waals surface area contributed by atoms with Crippen LogP contribution in [0.2, 0.25) is 0 Å². The maximum absolute atomic E-state index is 5.37. The first kappa shape index (κ1) is 15.1. The minimum Gasteiger partial charge on any atom is -0.356 e. The van der Waals surface area contributed by atoms with Crippen LogP contribution >= 0.6 is 0 Å². The van der Waals surface area contributed by atoms with Gasteiger partial charge >= 0.3 is 0 Å². The lowest BCUT2D eigenvalue weighted by Gasteiger charge is -2.23. The molecule has 0 fully saturated rings. The Bertz CT molecular complexity index is 596. The summed E-state index contributed by atoms with van der Waals surface area (Å²) in [6, 6.07) is 11.9. The minimum absolute atomic E-state index is 0.0408. The Morgan fingerprint density at radius 2 is 1.95 bits per heavy atom. The van der Waals surface area contributed by atoms with Crippen molar-refractivity contribution in [1.82, 2.24) is 15.8 Å².